The maximum atomic E-state index is 12.1. The molecule has 0 fully saturated rings. The average molecular weight is 265 g/mol. The van der Waals surface area contributed by atoms with Gasteiger partial charge in [-0.05, 0) is 17.5 Å². The number of anilines is 1. The van der Waals surface area contributed by atoms with Gasteiger partial charge in [-0.15, -0.1) is 0 Å². The van der Waals surface area contributed by atoms with Crippen LogP contribution in [0.4, 0.5) is 5.69 Å². The highest BCUT2D eigenvalue weighted by atomic mass is 16.3. The van der Waals surface area contributed by atoms with Crippen molar-refractivity contribution in [1.29, 1.82) is 0 Å². The number of aromatic hydroxyl groups is 1. The van der Waals surface area contributed by atoms with Crippen molar-refractivity contribution >= 4 is 22.4 Å². The van der Waals surface area contributed by atoms with E-state index in [1.54, 1.807) is 6.07 Å². The lowest BCUT2D eigenvalue weighted by atomic mass is 10.1. The molecule has 0 atom stereocenters. The van der Waals surface area contributed by atoms with E-state index < -0.39 is 0 Å². The van der Waals surface area contributed by atoms with Crippen LogP contribution in [0, 0.1) is 0 Å². The monoisotopic (exact) mass is 265 g/mol. The molecule has 0 aliphatic carbocycles. The quantitative estimate of drug-likeness (QED) is 0.746. The van der Waals surface area contributed by atoms with E-state index in [1.165, 1.54) is 24.7 Å². The number of nitrogens with zero attached hydrogens (tertiary/aromatic N) is 2. The molecule has 98 valence electrons. The molecule has 0 spiro atoms. The molecule has 2 N–H and O–H groups in total. The van der Waals surface area contributed by atoms with Crippen LogP contribution in [0.1, 0.15) is 10.5 Å². The minimum absolute atomic E-state index is 0.0988. The summed E-state index contributed by atoms with van der Waals surface area (Å²) in [6.07, 6.45) is 2.82. The third-order valence-corrected chi connectivity index (χ3v) is 2.91. The van der Waals surface area contributed by atoms with Crippen LogP contribution in [0.2, 0.25) is 0 Å². The predicted molar refractivity (Wildman–Crippen MR) is 75.6 cm³/mol. The largest absolute Gasteiger partial charge is 0.508 e. The SMILES string of the molecule is O=C(Nc1cc(O)cc2ccccc12)c1ccncn1. The van der Waals surface area contributed by atoms with Gasteiger partial charge in [-0.3, -0.25) is 4.79 Å². The van der Waals surface area contributed by atoms with Crippen LogP contribution in [0.3, 0.4) is 0 Å². The summed E-state index contributed by atoms with van der Waals surface area (Å²) < 4.78 is 0. The van der Waals surface area contributed by atoms with Gasteiger partial charge in [0.25, 0.3) is 5.91 Å². The van der Waals surface area contributed by atoms with Crippen molar-refractivity contribution in [2.75, 3.05) is 5.32 Å². The Kier molecular flexibility index (Phi) is 3.01. The van der Waals surface area contributed by atoms with Gasteiger partial charge in [0.2, 0.25) is 0 Å². The number of aromatic nitrogens is 2. The van der Waals surface area contributed by atoms with Crippen molar-refractivity contribution in [3.8, 4) is 5.75 Å². The van der Waals surface area contributed by atoms with Gasteiger partial charge in [0, 0.05) is 17.6 Å². The number of phenolic OH excluding ortho intramolecular Hbond substituents is 1. The van der Waals surface area contributed by atoms with Crippen LogP contribution in [0.5, 0.6) is 5.75 Å². The Bertz CT molecular complexity index is 772. The van der Waals surface area contributed by atoms with Crippen LogP contribution in [0.15, 0.2) is 55.0 Å². The molecule has 1 aromatic heterocycles. The number of phenols is 1. The summed E-state index contributed by atoms with van der Waals surface area (Å²) in [6, 6.07) is 12.2. The molecule has 5 nitrogen and oxygen atoms in total. The molecule has 0 aliphatic rings. The highest BCUT2D eigenvalue weighted by Crippen LogP contribution is 2.28. The Balaban J connectivity index is 2.01. The van der Waals surface area contributed by atoms with Gasteiger partial charge < -0.3 is 10.4 Å². The van der Waals surface area contributed by atoms with Crippen molar-refractivity contribution in [2.24, 2.45) is 0 Å². The fourth-order valence-corrected chi connectivity index (χ4v) is 2.01. The summed E-state index contributed by atoms with van der Waals surface area (Å²) in [5.41, 5.74) is 0.816. The van der Waals surface area contributed by atoms with Crippen molar-refractivity contribution in [1.82, 2.24) is 9.97 Å². The maximum Gasteiger partial charge on any atom is 0.274 e. The molecule has 0 unspecified atom stereocenters. The maximum absolute atomic E-state index is 12.1. The summed E-state index contributed by atoms with van der Waals surface area (Å²) in [4.78, 5) is 19.7. The molecule has 0 saturated heterocycles. The van der Waals surface area contributed by atoms with Crippen molar-refractivity contribution in [3.05, 3.63) is 60.7 Å². The molecule has 5 heteroatoms. The lowest BCUT2D eigenvalue weighted by Crippen LogP contribution is -2.13. The first-order chi connectivity index (χ1) is 9.74. The summed E-state index contributed by atoms with van der Waals surface area (Å²) in [5.74, 6) is -0.246. The Morgan fingerprint density at radius 3 is 2.80 bits per heavy atom. The van der Waals surface area contributed by atoms with Crippen LogP contribution in [0.25, 0.3) is 10.8 Å². The first kappa shape index (κ1) is 12.1. The van der Waals surface area contributed by atoms with E-state index >= 15 is 0 Å². The molecule has 1 heterocycles. The lowest BCUT2D eigenvalue weighted by molar-refractivity contribution is 0.102. The van der Waals surface area contributed by atoms with Gasteiger partial charge in [0.15, 0.2) is 0 Å². The highest BCUT2D eigenvalue weighted by Gasteiger charge is 2.10. The number of carbonyl (C=O) groups excluding carboxylic acids is 1. The Labute approximate surface area is 114 Å². The summed E-state index contributed by atoms with van der Waals surface area (Å²) >= 11 is 0. The van der Waals surface area contributed by atoms with Crippen LogP contribution < -0.4 is 5.32 Å². The smallest absolute Gasteiger partial charge is 0.274 e. The molecule has 3 aromatic rings. The number of hydrogen-bond acceptors (Lipinski definition) is 4. The Hall–Kier alpha value is -2.95. The van der Waals surface area contributed by atoms with E-state index in [0.717, 1.165) is 10.8 Å². The van der Waals surface area contributed by atoms with E-state index in [4.69, 9.17) is 0 Å². The Morgan fingerprint density at radius 1 is 1.15 bits per heavy atom. The number of amides is 1. The molecule has 3 rings (SSSR count). The third-order valence-electron chi connectivity index (χ3n) is 2.91. The number of nitrogens with one attached hydrogen (secondary N) is 1. The number of hydrogen-bond donors (Lipinski definition) is 2. The Morgan fingerprint density at radius 2 is 2.00 bits per heavy atom. The molecule has 0 saturated carbocycles. The second-order valence-electron chi connectivity index (χ2n) is 4.26. The topological polar surface area (TPSA) is 75.1 Å². The van der Waals surface area contributed by atoms with Crippen molar-refractivity contribution < 1.29 is 9.90 Å². The van der Waals surface area contributed by atoms with E-state index in [-0.39, 0.29) is 17.4 Å². The molecule has 0 aliphatic heterocycles. The minimum atomic E-state index is -0.344. The second-order valence-corrected chi connectivity index (χ2v) is 4.26. The van der Waals surface area contributed by atoms with Gasteiger partial charge in [0.05, 0.1) is 5.69 Å². The van der Waals surface area contributed by atoms with Crippen molar-refractivity contribution in [3.63, 3.8) is 0 Å². The van der Waals surface area contributed by atoms with Crippen LogP contribution >= 0.6 is 0 Å². The molecule has 0 radical (unpaired) electrons. The van der Waals surface area contributed by atoms with E-state index in [0.29, 0.717) is 5.69 Å². The number of benzene rings is 2. The highest BCUT2D eigenvalue weighted by molar-refractivity contribution is 6.08. The van der Waals surface area contributed by atoms with E-state index in [1.807, 2.05) is 24.3 Å². The van der Waals surface area contributed by atoms with Crippen molar-refractivity contribution in [2.45, 2.75) is 0 Å². The lowest BCUT2D eigenvalue weighted by Gasteiger charge is -2.09. The molecule has 0 bridgehead atoms. The average Bonchev–Trinajstić information content (AvgIpc) is 2.48. The molecule has 20 heavy (non-hydrogen) atoms. The standard InChI is InChI=1S/C15H11N3O2/c19-11-7-10-3-1-2-4-12(10)14(8-11)18-15(20)13-5-6-16-9-17-13/h1-9,19H,(H,18,20). The molecule has 2 aromatic carbocycles. The normalized spacial score (nSPS) is 10.4. The third kappa shape index (κ3) is 2.29. The van der Waals surface area contributed by atoms with Crippen LogP contribution in [-0.4, -0.2) is 21.0 Å². The zero-order valence-electron chi connectivity index (χ0n) is 10.4. The predicted octanol–water partition coefficient (Wildman–Crippen LogP) is 2.59. The second kappa shape index (κ2) is 4.97. The first-order valence-corrected chi connectivity index (χ1v) is 6.03. The molecular weight excluding hydrogens is 254 g/mol. The number of rotatable bonds is 2. The number of carbonyl (C=O) groups is 1. The fraction of sp³-hybridized carbons (Fsp3) is 0. The van der Waals surface area contributed by atoms with Gasteiger partial charge in [-0.25, -0.2) is 9.97 Å². The minimum Gasteiger partial charge on any atom is -0.508 e. The number of fused-ring (bicyclic) bond motifs is 1. The van der Waals surface area contributed by atoms with E-state index in [2.05, 4.69) is 15.3 Å². The van der Waals surface area contributed by atoms with E-state index in [9.17, 15) is 9.90 Å². The fourth-order valence-electron chi connectivity index (χ4n) is 2.01. The first-order valence-electron chi connectivity index (χ1n) is 6.03. The molecular formula is C15H11N3O2. The van der Waals surface area contributed by atoms with Crippen LogP contribution in [-0.2, 0) is 0 Å². The summed E-state index contributed by atoms with van der Waals surface area (Å²) in [5, 5.41) is 14.2. The van der Waals surface area contributed by atoms with Gasteiger partial charge in [-0.2, -0.15) is 0 Å². The molecule has 1 amide bonds. The van der Waals surface area contributed by atoms with Gasteiger partial charge in [0.1, 0.15) is 17.8 Å². The van der Waals surface area contributed by atoms with Gasteiger partial charge >= 0.3 is 0 Å². The van der Waals surface area contributed by atoms with Gasteiger partial charge in [-0.1, -0.05) is 24.3 Å². The zero-order chi connectivity index (χ0) is 13.9. The zero-order valence-corrected chi connectivity index (χ0v) is 10.4. The summed E-state index contributed by atoms with van der Waals surface area (Å²) in [6.45, 7) is 0. The summed E-state index contributed by atoms with van der Waals surface area (Å²) in [7, 11) is 0.